The topological polar surface area (TPSA) is 50.3 Å². The van der Waals surface area contributed by atoms with Crippen LogP contribution >= 0.6 is 23.2 Å². The van der Waals surface area contributed by atoms with Crippen LogP contribution in [0.3, 0.4) is 0 Å². The van der Waals surface area contributed by atoms with Crippen LogP contribution in [0.2, 0.25) is 10.0 Å². The fourth-order valence-electron chi connectivity index (χ4n) is 3.34. The van der Waals surface area contributed by atoms with Crippen LogP contribution in [0.25, 0.3) is 0 Å². The number of carbonyl (C=O) groups excluding carboxylic acids is 2. The van der Waals surface area contributed by atoms with E-state index in [0.29, 0.717) is 41.7 Å². The van der Waals surface area contributed by atoms with Gasteiger partial charge in [-0.2, -0.15) is 0 Å². The summed E-state index contributed by atoms with van der Waals surface area (Å²) in [5, 5.41) is 0.914. The monoisotopic (exact) mass is 376 g/mol. The number of piperidine rings is 1. The van der Waals surface area contributed by atoms with Gasteiger partial charge in [-0.25, -0.2) is 4.98 Å². The SMILES string of the molecule is Cc1cccc(N2C[C@@](CC=O)(c3ccc(Cl)c(Cl)c3)CCC2=O)n1. The van der Waals surface area contributed by atoms with E-state index in [1.54, 1.807) is 17.0 Å². The van der Waals surface area contributed by atoms with Gasteiger partial charge in [-0.05, 0) is 43.2 Å². The summed E-state index contributed by atoms with van der Waals surface area (Å²) in [6, 6.07) is 11.0. The highest BCUT2D eigenvalue weighted by Crippen LogP contribution is 2.40. The molecule has 0 spiro atoms. The van der Waals surface area contributed by atoms with Crippen molar-refractivity contribution >= 4 is 41.2 Å². The van der Waals surface area contributed by atoms with E-state index >= 15 is 0 Å². The lowest BCUT2D eigenvalue weighted by atomic mass is 9.72. The Bertz CT molecular complexity index is 825. The number of anilines is 1. The number of hydrogen-bond acceptors (Lipinski definition) is 3. The summed E-state index contributed by atoms with van der Waals surface area (Å²) in [4.78, 5) is 30.0. The molecule has 0 radical (unpaired) electrons. The zero-order valence-electron chi connectivity index (χ0n) is 13.8. The van der Waals surface area contributed by atoms with Crippen molar-refractivity contribution in [1.82, 2.24) is 4.98 Å². The largest absolute Gasteiger partial charge is 0.303 e. The van der Waals surface area contributed by atoms with E-state index in [-0.39, 0.29) is 5.91 Å². The van der Waals surface area contributed by atoms with E-state index in [1.165, 1.54) is 0 Å². The van der Waals surface area contributed by atoms with Crippen LogP contribution in [0.1, 0.15) is 30.5 Å². The van der Waals surface area contributed by atoms with E-state index in [0.717, 1.165) is 17.5 Å². The minimum atomic E-state index is -0.491. The molecule has 0 saturated carbocycles. The number of halogens is 2. The number of hydrogen-bond donors (Lipinski definition) is 0. The third kappa shape index (κ3) is 3.55. The van der Waals surface area contributed by atoms with Crippen molar-refractivity contribution in [2.24, 2.45) is 0 Å². The Hall–Kier alpha value is -1.91. The molecule has 0 unspecified atom stereocenters. The highest BCUT2D eigenvalue weighted by atomic mass is 35.5. The minimum absolute atomic E-state index is 0.0136. The predicted octanol–water partition coefficient (Wildman–Crippen LogP) is 4.35. The quantitative estimate of drug-likeness (QED) is 0.745. The number of benzene rings is 1. The zero-order valence-corrected chi connectivity index (χ0v) is 15.3. The third-order valence-electron chi connectivity index (χ3n) is 4.74. The number of pyridine rings is 1. The summed E-state index contributed by atoms with van der Waals surface area (Å²) in [6.45, 7) is 2.27. The van der Waals surface area contributed by atoms with Gasteiger partial charge in [0, 0.05) is 30.5 Å². The molecule has 1 saturated heterocycles. The first kappa shape index (κ1) is 17.9. The lowest BCUT2D eigenvalue weighted by Gasteiger charge is -2.42. The molecule has 2 aromatic rings. The van der Waals surface area contributed by atoms with E-state index in [1.807, 2.05) is 31.2 Å². The summed E-state index contributed by atoms with van der Waals surface area (Å²) >= 11 is 12.2. The van der Waals surface area contributed by atoms with Gasteiger partial charge in [-0.3, -0.25) is 9.69 Å². The molecule has 1 amide bonds. The summed E-state index contributed by atoms with van der Waals surface area (Å²) in [5.41, 5.74) is 1.26. The molecule has 4 nitrogen and oxygen atoms in total. The first-order valence-corrected chi connectivity index (χ1v) is 8.84. The smallest absolute Gasteiger partial charge is 0.228 e. The zero-order chi connectivity index (χ0) is 18.0. The maximum absolute atomic E-state index is 12.5. The van der Waals surface area contributed by atoms with Gasteiger partial charge in [0.05, 0.1) is 10.0 Å². The fraction of sp³-hybridized carbons (Fsp3) is 0.316. The maximum atomic E-state index is 12.5. The van der Waals surface area contributed by atoms with E-state index < -0.39 is 5.41 Å². The first-order valence-electron chi connectivity index (χ1n) is 8.08. The van der Waals surface area contributed by atoms with Crippen LogP contribution in [0.5, 0.6) is 0 Å². The van der Waals surface area contributed by atoms with Crippen molar-refractivity contribution in [2.75, 3.05) is 11.4 Å². The standard InChI is InChI=1S/C19H18Cl2N2O2/c1-13-3-2-4-17(22-13)23-12-19(9-10-24,8-7-18(23)25)14-5-6-15(20)16(21)11-14/h2-6,10-11H,7-9,12H2,1H3/t19-/m1/s1. The number of rotatable bonds is 4. The molecule has 1 fully saturated rings. The summed E-state index contributed by atoms with van der Waals surface area (Å²) in [5.74, 6) is 0.625. The van der Waals surface area contributed by atoms with E-state index in [4.69, 9.17) is 23.2 Å². The van der Waals surface area contributed by atoms with Crippen molar-refractivity contribution in [2.45, 2.75) is 31.6 Å². The van der Waals surface area contributed by atoms with Crippen LogP contribution < -0.4 is 4.90 Å². The molecular formula is C19H18Cl2N2O2. The molecule has 25 heavy (non-hydrogen) atoms. The van der Waals surface area contributed by atoms with Gasteiger partial charge in [0.25, 0.3) is 0 Å². The van der Waals surface area contributed by atoms with Gasteiger partial charge in [0.15, 0.2) is 0 Å². The van der Waals surface area contributed by atoms with Crippen LogP contribution in [0.15, 0.2) is 36.4 Å². The lowest BCUT2D eigenvalue weighted by molar-refractivity contribution is -0.121. The van der Waals surface area contributed by atoms with E-state index in [9.17, 15) is 9.59 Å². The highest BCUT2D eigenvalue weighted by Gasteiger charge is 2.41. The molecule has 2 heterocycles. The molecule has 0 N–H and O–H groups in total. The fourth-order valence-corrected chi connectivity index (χ4v) is 3.64. The molecular weight excluding hydrogens is 359 g/mol. The summed E-state index contributed by atoms with van der Waals surface area (Å²) in [6.07, 6.45) is 2.15. The number of carbonyl (C=O) groups is 2. The van der Waals surface area contributed by atoms with Gasteiger partial charge in [0.2, 0.25) is 5.91 Å². The van der Waals surface area contributed by atoms with Crippen molar-refractivity contribution < 1.29 is 9.59 Å². The molecule has 6 heteroatoms. The Morgan fingerprint density at radius 3 is 2.72 bits per heavy atom. The molecule has 0 aliphatic carbocycles. The summed E-state index contributed by atoms with van der Waals surface area (Å²) < 4.78 is 0. The van der Waals surface area contributed by atoms with Crippen molar-refractivity contribution in [3.05, 3.63) is 57.7 Å². The number of aryl methyl sites for hydroxylation is 1. The normalized spacial score (nSPS) is 20.6. The Labute approximate surface area is 156 Å². The van der Waals surface area contributed by atoms with Crippen molar-refractivity contribution in [1.29, 1.82) is 0 Å². The molecule has 1 aliphatic rings. The second-order valence-corrected chi connectivity index (χ2v) is 7.21. The predicted molar refractivity (Wildman–Crippen MR) is 99.4 cm³/mol. The van der Waals surface area contributed by atoms with Crippen LogP contribution in [-0.4, -0.2) is 23.7 Å². The maximum Gasteiger partial charge on any atom is 0.228 e. The highest BCUT2D eigenvalue weighted by molar-refractivity contribution is 6.42. The second-order valence-electron chi connectivity index (χ2n) is 6.40. The molecule has 3 rings (SSSR count). The van der Waals surface area contributed by atoms with Gasteiger partial charge in [-0.15, -0.1) is 0 Å². The minimum Gasteiger partial charge on any atom is -0.303 e. The molecule has 1 aliphatic heterocycles. The van der Waals surface area contributed by atoms with E-state index in [2.05, 4.69) is 4.98 Å². The van der Waals surface area contributed by atoms with Crippen LogP contribution in [-0.2, 0) is 15.0 Å². The van der Waals surface area contributed by atoms with Gasteiger partial charge in [-0.1, -0.05) is 35.3 Å². The number of amides is 1. The molecule has 1 aromatic carbocycles. The molecule has 130 valence electrons. The Balaban J connectivity index is 2.03. The van der Waals surface area contributed by atoms with Crippen LogP contribution in [0, 0.1) is 6.92 Å². The Morgan fingerprint density at radius 1 is 1.24 bits per heavy atom. The van der Waals surface area contributed by atoms with Gasteiger partial charge >= 0.3 is 0 Å². The average Bonchev–Trinajstić information content (AvgIpc) is 2.59. The number of nitrogens with zero attached hydrogens (tertiary/aromatic N) is 2. The second kappa shape index (κ2) is 7.14. The van der Waals surface area contributed by atoms with Gasteiger partial charge in [0.1, 0.15) is 12.1 Å². The lowest BCUT2D eigenvalue weighted by Crippen LogP contribution is -2.49. The molecule has 1 aromatic heterocycles. The number of aldehydes is 1. The number of aromatic nitrogens is 1. The molecule has 1 atom stereocenters. The third-order valence-corrected chi connectivity index (χ3v) is 5.47. The first-order chi connectivity index (χ1) is 11.9. The van der Waals surface area contributed by atoms with Gasteiger partial charge < -0.3 is 4.79 Å². The van der Waals surface area contributed by atoms with Crippen LogP contribution in [0.4, 0.5) is 5.82 Å². The Morgan fingerprint density at radius 2 is 2.04 bits per heavy atom. The van der Waals surface area contributed by atoms with Crippen molar-refractivity contribution in [3.8, 4) is 0 Å². The summed E-state index contributed by atoms with van der Waals surface area (Å²) in [7, 11) is 0. The molecule has 0 bridgehead atoms. The van der Waals surface area contributed by atoms with Crippen molar-refractivity contribution in [3.63, 3.8) is 0 Å². The Kier molecular flexibility index (Phi) is 5.11. The average molecular weight is 377 g/mol.